The van der Waals surface area contributed by atoms with Gasteiger partial charge in [-0.1, -0.05) is 24.3 Å². The highest BCUT2D eigenvalue weighted by molar-refractivity contribution is 9.11. The summed E-state index contributed by atoms with van der Waals surface area (Å²) in [5.74, 6) is 0.142. The van der Waals surface area contributed by atoms with E-state index in [1.165, 1.54) is 16.9 Å². The van der Waals surface area contributed by atoms with E-state index in [-0.39, 0.29) is 11.9 Å². The number of carbonyl (C=O) groups is 1. The normalized spacial score (nSPS) is 18.1. The first-order valence-electron chi connectivity index (χ1n) is 6.20. The number of Topliss-reactive ketones (excluding diaryl/α,β-unsaturated/α-hetero) is 1. The summed E-state index contributed by atoms with van der Waals surface area (Å²) in [7, 11) is 0. The molecule has 0 aliphatic carbocycles. The van der Waals surface area contributed by atoms with Crippen molar-refractivity contribution in [2.45, 2.75) is 18.9 Å². The molecule has 1 aliphatic heterocycles. The molecular weight excluding hydrogens is 324 g/mol. The van der Waals surface area contributed by atoms with Gasteiger partial charge in [-0.25, -0.2) is 0 Å². The van der Waals surface area contributed by atoms with Gasteiger partial charge in [-0.3, -0.25) is 4.79 Å². The van der Waals surface area contributed by atoms with E-state index in [1.807, 2.05) is 23.6 Å². The zero-order chi connectivity index (χ0) is 13.2. The van der Waals surface area contributed by atoms with Crippen molar-refractivity contribution in [3.05, 3.63) is 56.2 Å². The molecule has 1 aromatic heterocycles. The molecule has 0 radical (unpaired) electrons. The van der Waals surface area contributed by atoms with Gasteiger partial charge in [-0.2, -0.15) is 0 Å². The summed E-state index contributed by atoms with van der Waals surface area (Å²) in [5, 5.41) is 1.89. The van der Waals surface area contributed by atoms with E-state index in [1.54, 1.807) is 0 Å². The van der Waals surface area contributed by atoms with Crippen LogP contribution in [0.3, 0.4) is 0 Å². The molecule has 2 aromatic rings. The van der Waals surface area contributed by atoms with Gasteiger partial charge in [-0.15, -0.1) is 11.3 Å². The molecule has 2 nitrogen and oxygen atoms in total. The molecule has 2 heterocycles. The lowest BCUT2D eigenvalue weighted by atomic mass is 9.94. The average Bonchev–Trinajstić information content (AvgIpc) is 2.86. The molecule has 1 aromatic carbocycles. The van der Waals surface area contributed by atoms with Crippen LogP contribution in [0.4, 0.5) is 0 Å². The minimum Gasteiger partial charge on any atom is -0.373 e. The quantitative estimate of drug-likeness (QED) is 0.776. The summed E-state index contributed by atoms with van der Waals surface area (Å²) < 4.78 is 6.76. The van der Waals surface area contributed by atoms with Gasteiger partial charge in [-0.05, 0) is 39.5 Å². The molecule has 98 valence electrons. The smallest absolute Gasteiger partial charge is 0.166 e. The maximum Gasteiger partial charge on any atom is 0.166 e. The lowest BCUT2D eigenvalue weighted by molar-refractivity contribution is 0.0352. The first-order valence-corrected chi connectivity index (χ1v) is 7.88. The number of ether oxygens (including phenoxy) is 1. The van der Waals surface area contributed by atoms with E-state index in [0.717, 1.165) is 21.3 Å². The molecule has 0 spiro atoms. The topological polar surface area (TPSA) is 26.3 Å². The highest BCUT2D eigenvalue weighted by Gasteiger charge is 2.23. The Kier molecular flexibility index (Phi) is 3.82. The molecule has 19 heavy (non-hydrogen) atoms. The first kappa shape index (κ1) is 13.0. The van der Waals surface area contributed by atoms with Crippen LogP contribution in [0.5, 0.6) is 0 Å². The number of rotatable bonds is 3. The van der Waals surface area contributed by atoms with E-state index in [9.17, 15) is 4.79 Å². The molecule has 1 unspecified atom stereocenters. The van der Waals surface area contributed by atoms with E-state index in [2.05, 4.69) is 28.1 Å². The van der Waals surface area contributed by atoms with Crippen molar-refractivity contribution in [3.8, 4) is 0 Å². The number of carbonyl (C=O) groups excluding carboxylic acids is 1. The maximum atomic E-state index is 12.2. The molecule has 0 N–H and O–H groups in total. The van der Waals surface area contributed by atoms with Crippen LogP contribution in [-0.4, -0.2) is 12.4 Å². The summed E-state index contributed by atoms with van der Waals surface area (Å²) >= 11 is 4.92. The monoisotopic (exact) mass is 336 g/mol. The fourth-order valence-corrected chi connectivity index (χ4v) is 3.55. The summed E-state index contributed by atoms with van der Waals surface area (Å²) in [6.45, 7) is 0.697. The largest absolute Gasteiger partial charge is 0.373 e. The second-order valence-electron chi connectivity index (χ2n) is 4.58. The van der Waals surface area contributed by atoms with Crippen molar-refractivity contribution in [2.75, 3.05) is 6.61 Å². The number of benzene rings is 1. The lowest BCUT2D eigenvalue weighted by Crippen LogP contribution is -2.19. The van der Waals surface area contributed by atoms with Crippen LogP contribution in [0, 0.1) is 0 Å². The van der Waals surface area contributed by atoms with E-state index in [0.29, 0.717) is 13.0 Å². The number of halogens is 1. The van der Waals surface area contributed by atoms with Crippen LogP contribution in [-0.2, 0) is 11.2 Å². The van der Waals surface area contributed by atoms with Gasteiger partial charge in [0.15, 0.2) is 5.78 Å². The third-order valence-electron chi connectivity index (χ3n) is 3.35. The van der Waals surface area contributed by atoms with Crippen LogP contribution < -0.4 is 0 Å². The third kappa shape index (κ3) is 2.81. The SMILES string of the molecule is O=C(CC1OCCc2ccccc21)c1csc(Br)c1. The van der Waals surface area contributed by atoms with Gasteiger partial charge in [0.2, 0.25) is 0 Å². The summed E-state index contributed by atoms with van der Waals surface area (Å²) in [4.78, 5) is 12.2. The van der Waals surface area contributed by atoms with Crippen LogP contribution in [0.1, 0.15) is 34.0 Å². The van der Waals surface area contributed by atoms with Gasteiger partial charge < -0.3 is 4.74 Å². The van der Waals surface area contributed by atoms with Gasteiger partial charge >= 0.3 is 0 Å². The van der Waals surface area contributed by atoms with Crippen molar-refractivity contribution < 1.29 is 9.53 Å². The Morgan fingerprint density at radius 1 is 1.42 bits per heavy atom. The molecule has 1 atom stereocenters. The molecule has 0 bridgehead atoms. The zero-order valence-corrected chi connectivity index (χ0v) is 12.7. The molecule has 4 heteroatoms. The average molecular weight is 337 g/mol. The summed E-state index contributed by atoms with van der Waals surface area (Å²) in [6.07, 6.45) is 1.25. The number of thiophene rings is 1. The minimum absolute atomic E-state index is 0.101. The number of hydrogen-bond acceptors (Lipinski definition) is 3. The second kappa shape index (κ2) is 5.57. The van der Waals surface area contributed by atoms with Crippen LogP contribution in [0.2, 0.25) is 0 Å². The van der Waals surface area contributed by atoms with Crippen LogP contribution in [0.15, 0.2) is 39.5 Å². The van der Waals surface area contributed by atoms with Gasteiger partial charge in [0.1, 0.15) is 0 Å². The molecule has 3 rings (SSSR count). The van der Waals surface area contributed by atoms with E-state index in [4.69, 9.17) is 4.74 Å². The Morgan fingerprint density at radius 2 is 2.26 bits per heavy atom. The van der Waals surface area contributed by atoms with Crippen molar-refractivity contribution in [1.82, 2.24) is 0 Å². The predicted octanol–water partition coefficient (Wildman–Crippen LogP) is 4.40. The fraction of sp³-hybridized carbons (Fsp3) is 0.267. The number of hydrogen-bond donors (Lipinski definition) is 0. The summed E-state index contributed by atoms with van der Waals surface area (Å²) in [5.41, 5.74) is 3.23. The molecule has 0 saturated carbocycles. The number of fused-ring (bicyclic) bond motifs is 1. The first-order chi connectivity index (χ1) is 9.24. The summed E-state index contributed by atoms with van der Waals surface area (Å²) in [6, 6.07) is 10.1. The fourth-order valence-electron chi connectivity index (χ4n) is 2.39. The van der Waals surface area contributed by atoms with Crippen LogP contribution in [0.25, 0.3) is 0 Å². The van der Waals surface area contributed by atoms with Crippen molar-refractivity contribution in [2.24, 2.45) is 0 Å². The van der Waals surface area contributed by atoms with Gasteiger partial charge in [0.25, 0.3) is 0 Å². The third-order valence-corrected chi connectivity index (χ3v) is 4.86. The van der Waals surface area contributed by atoms with Crippen molar-refractivity contribution >= 4 is 33.0 Å². The van der Waals surface area contributed by atoms with Crippen molar-refractivity contribution in [1.29, 1.82) is 0 Å². The molecule has 1 aliphatic rings. The molecule has 0 saturated heterocycles. The Labute approximate surface area is 124 Å². The van der Waals surface area contributed by atoms with Crippen molar-refractivity contribution in [3.63, 3.8) is 0 Å². The maximum absolute atomic E-state index is 12.2. The second-order valence-corrected chi connectivity index (χ2v) is 6.87. The van der Waals surface area contributed by atoms with E-state index < -0.39 is 0 Å². The molecular formula is C15H13BrO2S. The standard InChI is InChI=1S/C15H13BrO2S/c16-15-7-11(9-19-15)13(17)8-14-12-4-2-1-3-10(12)5-6-18-14/h1-4,7,9,14H,5-6,8H2. The van der Waals surface area contributed by atoms with Gasteiger partial charge in [0, 0.05) is 17.4 Å². The zero-order valence-electron chi connectivity index (χ0n) is 10.3. The highest BCUT2D eigenvalue weighted by Crippen LogP contribution is 2.31. The lowest BCUT2D eigenvalue weighted by Gasteiger charge is -2.25. The Bertz CT molecular complexity index is 606. The Morgan fingerprint density at radius 3 is 3.05 bits per heavy atom. The van der Waals surface area contributed by atoms with Crippen LogP contribution >= 0.6 is 27.3 Å². The predicted molar refractivity (Wildman–Crippen MR) is 79.8 cm³/mol. The highest BCUT2D eigenvalue weighted by atomic mass is 79.9. The number of ketones is 1. The van der Waals surface area contributed by atoms with E-state index >= 15 is 0 Å². The Hall–Kier alpha value is -0.970. The minimum atomic E-state index is -0.101. The molecule has 0 amide bonds. The molecule has 0 fully saturated rings. The Balaban J connectivity index is 1.79. The van der Waals surface area contributed by atoms with Gasteiger partial charge in [0.05, 0.1) is 16.5 Å².